The Morgan fingerprint density at radius 2 is 2.04 bits per heavy atom. The molecule has 9 nitrogen and oxygen atoms in total. The van der Waals surface area contributed by atoms with E-state index >= 15 is 0 Å². The number of ether oxygens (including phenoxy) is 2. The summed E-state index contributed by atoms with van der Waals surface area (Å²) in [6.45, 7) is 2.62. The predicted molar refractivity (Wildman–Crippen MR) is 96.0 cm³/mol. The van der Waals surface area contributed by atoms with Crippen LogP contribution in [0.15, 0.2) is 30.5 Å². The van der Waals surface area contributed by atoms with Crippen LogP contribution in [0.4, 0.5) is 5.69 Å². The van der Waals surface area contributed by atoms with Crippen molar-refractivity contribution in [1.29, 1.82) is 0 Å². The highest BCUT2D eigenvalue weighted by molar-refractivity contribution is 5.96. The van der Waals surface area contributed by atoms with Crippen molar-refractivity contribution in [3.63, 3.8) is 0 Å². The maximum atomic E-state index is 12.8. The molecule has 0 unspecified atom stereocenters. The lowest BCUT2D eigenvalue weighted by atomic mass is 10.0. The molecular formula is C18H20N4O5. The maximum absolute atomic E-state index is 12.8. The molecule has 3 rings (SSSR count). The summed E-state index contributed by atoms with van der Waals surface area (Å²) in [5.41, 5.74) is 0.708. The monoisotopic (exact) mass is 372 g/mol. The first-order chi connectivity index (χ1) is 13.0. The highest BCUT2D eigenvalue weighted by Gasteiger charge is 2.27. The summed E-state index contributed by atoms with van der Waals surface area (Å²) < 4.78 is 10.8. The second kappa shape index (κ2) is 7.98. The van der Waals surface area contributed by atoms with Crippen molar-refractivity contribution in [3.05, 3.63) is 51.7 Å². The van der Waals surface area contributed by atoms with Crippen LogP contribution in [0.1, 0.15) is 28.8 Å². The van der Waals surface area contributed by atoms with E-state index in [1.807, 2.05) is 0 Å². The van der Waals surface area contributed by atoms with E-state index in [0.717, 1.165) is 0 Å². The van der Waals surface area contributed by atoms with Crippen molar-refractivity contribution in [1.82, 2.24) is 14.9 Å². The molecule has 1 aromatic carbocycles. The zero-order chi connectivity index (χ0) is 19.4. The van der Waals surface area contributed by atoms with Gasteiger partial charge in [-0.25, -0.2) is 4.98 Å². The number of carbonyl (C=O) groups is 1. The molecule has 2 aromatic rings. The number of nitro benzene ring substituents is 1. The zero-order valence-corrected chi connectivity index (χ0v) is 15.1. The van der Waals surface area contributed by atoms with E-state index < -0.39 is 4.92 Å². The quantitative estimate of drug-likeness (QED) is 0.586. The number of carbonyl (C=O) groups excluding carboxylic acids is 1. The molecular weight excluding hydrogens is 352 g/mol. The second-order valence-corrected chi connectivity index (χ2v) is 6.20. The number of methoxy groups -OCH3 is 1. The third-order valence-corrected chi connectivity index (χ3v) is 4.54. The summed E-state index contributed by atoms with van der Waals surface area (Å²) >= 11 is 0. The van der Waals surface area contributed by atoms with Crippen LogP contribution in [-0.2, 0) is 0 Å². The van der Waals surface area contributed by atoms with Crippen LogP contribution < -0.4 is 9.47 Å². The normalized spacial score (nSPS) is 14.7. The molecule has 142 valence electrons. The smallest absolute Gasteiger partial charge is 0.319 e. The third-order valence-electron chi connectivity index (χ3n) is 4.54. The van der Waals surface area contributed by atoms with Crippen molar-refractivity contribution in [2.45, 2.75) is 25.9 Å². The van der Waals surface area contributed by atoms with Gasteiger partial charge in [0.05, 0.1) is 12.0 Å². The highest BCUT2D eigenvalue weighted by atomic mass is 16.6. The highest BCUT2D eigenvalue weighted by Crippen LogP contribution is 2.24. The first kappa shape index (κ1) is 18.6. The number of amides is 1. The van der Waals surface area contributed by atoms with E-state index in [-0.39, 0.29) is 23.7 Å². The standard InChI is InChI=1S/C18H20N4O5/c1-12-14(4-3-5-15(12)22(24)25)17(23)21-10-7-13(8-11-21)27-16-6-9-19-18(20-16)26-2/h3-6,9,13H,7-8,10-11H2,1-2H3. The fourth-order valence-electron chi connectivity index (χ4n) is 3.06. The number of benzene rings is 1. The van der Waals surface area contributed by atoms with Crippen LogP contribution in [0.2, 0.25) is 0 Å². The van der Waals surface area contributed by atoms with Gasteiger partial charge in [0.1, 0.15) is 6.10 Å². The van der Waals surface area contributed by atoms with Crippen molar-refractivity contribution < 1.29 is 19.2 Å². The third kappa shape index (κ3) is 4.13. The van der Waals surface area contributed by atoms with Crippen molar-refractivity contribution >= 4 is 11.6 Å². The summed E-state index contributed by atoms with van der Waals surface area (Å²) in [5, 5.41) is 11.1. The Morgan fingerprint density at radius 3 is 2.70 bits per heavy atom. The van der Waals surface area contributed by atoms with Gasteiger partial charge in [0.25, 0.3) is 11.6 Å². The first-order valence-corrected chi connectivity index (χ1v) is 8.56. The van der Waals surface area contributed by atoms with Crippen molar-refractivity contribution in [2.24, 2.45) is 0 Å². The first-order valence-electron chi connectivity index (χ1n) is 8.56. The van der Waals surface area contributed by atoms with E-state index in [1.54, 1.807) is 30.2 Å². The Bertz CT molecular complexity index is 849. The molecule has 0 saturated carbocycles. The predicted octanol–water partition coefficient (Wildman–Crippen LogP) is 2.39. The molecule has 1 aliphatic rings. The SMILES string of the molecule is COc1nccc(OC2CCN(C(=O)c3cccc([N+](=O)[O-])c3C)CC2)n1. The summed E-state index contributed by atoms with van der Waals surface area (Å²) in [4.78, 5) is 33.1. The Labute approximate surface area is 156 Å². The molecule has 0 atom stereocenters. The van der Waals surface area contributed by atoms with Gasteiger partial charge in [0, 0.05) is 55.4 Å². The molecule has 1 saturated heterocycles. The Hall–Kier alpha value is -3.23. The molecule has 1 amide bonds. The number of likely N-dealkylation sites (tertiary alicyclic amines) is 1. The molecule has 2 heterocycles. The number of piperidine rings is 1. The van der Waals surface area contributed by atoms with Gasteiger partial charge in [-0.05, 0) is 13.0 Å². The zero-order valence-electron chi connectivity index (χ0n) is 15.1. The van der Waals surface area contributed by atoms with Crippen LogP contribution in [-0.4, -0.2) is 52.0 Å². The number of aromatic nitrogens is 2. The van der Waals surface area contributed by atoms with Gasteiger partial charge in [-0.1, -0.05) is 6.07 Å². The second-order valence-electron chi connectivity index (χ2n) is 6.20. The number of nitro groups is 1. The minimum atomic E-state index is -0.470. The van der Waals surface area contributed by atoms with E-state index in [4.69, 9.17) is 9.47 Å². The number of hydrogen-bond donors (Lipinski definition) is 0. The van der Waals surface area contributed by atoms with Crippen LogP contribution in [0.5, 0.6) is 11.9 Å². The lowest BCUT2D eigenvalue weighted by Gasteiger charge is -2.32. The van der Waals surface area contributed by atoms with Crippen molar-refractivity contribution in [2.75, 3.05) is 20.2 Å². The lowest BCUT2D eigenvalue weighted by molar-refractivity contribution is -0.385. The van der Waals surface area contributed by atoms with E-state index in [1.165, 1.54) is 19.2 Å². The molecule has 0 bridgehead atoms. The molecule has 0 spiro atoms. The molecule has 1 aromatic heterocycles. The average Bonchev–Trinajstić information content (AvgIpc) is 2.68. The number of nitrogens with zero attached hydrogens (tertiary/aromatic N) is 4. The molecule has 1 fully saturated rings. The van der Waals surface area contributed by atoms with E-state index in [9.17, 15) is 14.9 Å². The summed E-state index contributed by atoms with van der Waals surface area (Å²) in [5.74, 6) is 0.236. The van der Waals surface area contributed by atoms with Gasteiger partial charge >= 0.3 is 6.01 Å². The largest absolute Gasteiger partial charge is 0.474 e. The fourth-order valence-corrected chi connectivity index (χ4v) is 3.06. The van der Waals surface area contributed by atoms with Gasteiger partial charge in [0.15, 0.2) is 0 Å². The van der Waals surface area contributed by atoms with Gasteiger partial charge in [-0.3, -0.25) is 14.9 Å². The maximum Gasteiger partial charge on any atom is 0.319 e. The van der Waals surface area contributed by atoms with Crippen LogP contribution in [0.25, 0.3) is 0 Å². The summed E-state index contributed by atoms with van der Waals surface area (Å²) in [6, 6.07) is 6.47. The number of hydrogen-bond acceptors (Lipinski definition) is 7. The molecule has 9 heteroatoms. The molecule has 0 aliphatic carbocycles. The fraction of sp³-hybridized carbons (Fsp3) is 0.389. The number of rotatable bonds is 5. The van der Waals surface area contributed by atoms with E-state index in [2.05, 4.69) is 9.97 Å². The lowest BCUT2D eigenvalue weighted by Crippen LogP contribution is -2.42. The minimum Gasteiger partial charge on any atom is -0.474 e. The van der Waals surface area contributed by atoms with Gasteiger partial charge in [-0.15, -0.1) is 0 Å². The van der Waals surface area contributed by atoms with Crippen LogP contribution in [0, 0.1) is 17.0 Å². The minimum absolute atomic E-state index is 0.0446. The molecule has 0 radical (unpaired) electrons. The van der Waals surface area contributed by atoms with Crippen molar-refractivity contribution in [3.8, 4) is 11.9 Å². The Morgan fingerprint density at radius 1 is 1.30 bits per heavy atom. The average molecular weight is 372 g/mol. The Balaban J connectivity index is 1.63. The molecule has 1 aliphatic heterocycles. The van der Waals surface area contributed by atoms with Gasteiger partial charge in [-0.2, -0.15) is 4.98 Å². The van der Waals surface area contributed by atoms with Gasteiger partial charge < -0.3 is 14.4 Å². The van der Waals surface area contributed by atoms with Crippen LogP contribution >= 0.6 is 0 Å². The Kier molecular flexibility index (Phi) is 5.49. The van der Waals surface area contributed by atoms with Crippen LogP contribution in [0.3, 0.4) is 0 Å². The summed E-state index contributed by atoms with van der Waals surface area (Å²) in [7, 11) is 1.49. The topological polar surface area (TPSA) is 108 Å². The molecule has 0 N–H and O–H groups in total. The van der Waals surface area contributed by atoms with Gasteiger partial charge in [0.2, 0.25) is 5.88 Å². The summed E-state index contributed by atoms with van der Waals surface area (Å²) in [6.07, 6.45) is 2.78. The van der Waals surface area contributed by atoms with E-state index in [0.29, 0.717) is 42.9 Å². The molecule has 27 heavy (non-hydrogen) atoms.